The number of carbonyl (C=O) groups excluding carboxylic acids is 2. The van der Waals surface area contributed by atoms with Crippen LogP contribution in [0.25, 0.3) is 0 Å². The number of nitrogens with two attached hydrogens (primary N) is 1. The Morgan fingerprint density at radius 3 is 2.52 bits per heavy atom. The molecule has 3 aromatic rings. The molecule has 8 heteroatoms. The second-order valence-electron chi connectivity index (χ2n) is 8.89. The molecule has 0 aliphatic rings. The standard InChI is InChI=1S/C25H29ClN4O3/c1-16-22(17(2)33-29-16)24(32)30(15-25(3,4)14-27)13-18-7-5-10-21(11-18)28-23(31)19-8-6-9-20(26)12-19/h5-12H,13-15,27H2,1-4H3,(H,28,31). The zero-order valence-corrected chi connectivity index (χ0v) is 20.1. The van der Waals surface area contributed by atoms with Gasteiger partial charge in [-0.1, -0.05) is 48.8 Å². The van der Waals surface area contributed by atoms with Gasteiger partial charge >= 0.3 is 0 Å². The smallest absolute Gasteiger partial charge is 0.259 e. The van der Waals surface area contributed by atoms with Crippen LogP contribution in [0.4, 0.5) is 5.69 Å². The molecule has 1 aromatic heterocycles. The van der Waals surface area contributed by atoms with Crippen LogP contribution >= 0.6 is 11.6 Å². The van der Waals surface area contributed by atoms with E-state index in [1.165, 1.54) is 0 Å². The number of hydrogen-bond donors (Lipinski definition) is 2. The number of rotatable bonds is 8. The van der Waals surface area contributed by atoms with Crippen LogP contribution < -0.4 is 11.1 Å². The fourth-order valence-corrected chi connectivity index (χ4v) is 3.72. The lowest BCUT2D eigenvalue weighted by Gasteiger charge is -2.32. The van der Waals surface area contributed by atoms with E-state index in [0.29, 0.717) is 52.9 Å². The quantitative estimate of drug-likeness (QED) is 0.493. The molecule has 2 amide bonds. The number of nitrogens with one attached hydrogen (secondary N) is 1. The van der Waals surface area contributed by atoms with Crippen molar-refractivity contribution in [3.8, 4) is 0 Å². The fraction of sp³-hybridized carbons (Fsp3) is 0.320. The molecule has 33 heavy (non-hydrogen) atoms. The summed E-state index contributed by atoms with van der Waals surface area (Å²) in [5, 5.41) is 7.30. The molecule has 0 spiro atoms. The molecule has 0 saturated carbocycles. The van der Waals surface area contributed by atoms with Crippen LogP contribution in [0.5, 0.6) is 0 Å². The highest BCUT2D eigenvalue weighted by molar-refractivity contribution is 6.31. The number of aromatic nitrogens is 1. The number of benzene rings is 2. The molecule has 2 aromatic carbocycles. The Morgan fingerprint density at radius 1 is 1.15 bits per heavy atom. The van der Waals surface area contributed by atoms with Crippen LogP contribution in [0.3, 0.4) is 0 Å². The highest BCUT2D eigenvalue weighted by atomic mass is 35.5. The second-order valence-corrected chi connectivity index (χ2v) is 9.33. The van der Waals surface area contributed by atoms with E-state index in [1.807, 2.05) is 32.0 Å². The van der Waals surface area contributed by atoms with Crippen LogP contribution in [-0.4, -0.2) is 35.0 Å². The normalized spacial score (nSPS) is 11.3. The Bertz CT molecular complexity index is 1140. The predicted molar refractivity (Wildman–Crippen MR) is 129 cm³/mol. The molecule has 3 N–H and O–H groups in total. The zero-order valence-electron chi connectivity index (χ0n) is 19.3. The molecule has 0 aliphatic heterocycles. The first-order valence-electron chi connectivity index (χ1n) is 10.7. The molecule has 0 fully saturated rings. The first kappa shape index (κ1) is 24.5. The van der Waals surface area contributed by atoms with Gasteiger partial charge in [0.1, 0.15) is 11.3 Å². The summed E-state index contributed by atoms with van der Waals surface area (Å²) in [5.41, 5.74) is 8.64. The van der Waals surface area contributed by atoms with Gasteiger partial charge in [0.15, 0.2) is 0 Å². The molecule has 0 bridgehead atoms. The van der Waals surface area contributed by atoms with Crippen molar-refractivity contribution in [2.75, 3.05) is 18.4 Å². The van der Waals surface area contributed by atoms with Gasteiger partial charge in [0.05, 0.1) is 5.69 Å². The van der Waals surface area contributed by atoms with Gasteiger partial charge in [0.25, 0.3) is 11.8 Å². The van der Waals surface area contributed by atoms with Crippen LogP contribution in [0.1, 0.15) is 51.6 Å². The maximum absolute atomic E-state index is 13.4. The summed E-state index contributed by atoms with van der Waals surface area (Å²) in [6.45, 7) is 8.73. The molecule has 0 radical (unpaired) electrons. The number of halogens is 1. The number of nitrogens with zero attached hydrogens (tertiary/aromatic N) is 2. The number of aryl methyl sites for hydroxylation is 2. The summed E-state index contributed by atoms with van der Waals surface area (Å²) in [6.07, 6.45) is 0. The first-order chi connectivity index (χ1) is 15.6. The highest BCUT2D eigenvalue weighted by Crippen LogP contribution is 2.23. The Balaban J connectivity index is 1.84. The Hall–Kier alpha value is -3.16. The molecule has 0 unspecified atom stereocenters. The molecule has 0 aliphatic carbocycles. The van der Waals surface area contributed by atoms with Crippen LogP contribution in [0, 0.1) is 19.3 Å². The van der Waals surface area contributed by atoms with Crippen molar-refractivity contribution in [1.29, 1.82) is 0 Å². The average Bonchev–Trinajstić information content (AvgIpc) is 3.11. The molecule has 3 rings (SSSR count). The van der Waals surface area contributed by atoms with Gasteiger partial charge in [0.2, 0.25) is 0 Å². The summed E-state index contributed by atoms with van der Waals surface area (Å²) in [4.78, 5) is 27.8. The van der Waals surface area contributed by atoms with E-state index in [9.17, 15) is 9.59 Å². The molecular formula is C25H29ClN4O3. The summed E-state index contributed by atoms with van der Waals surface area (Å²) in [7, 11) is 0. The van der Waals surface area contributed by atoms with E-state index in [0.717, 1.165) is 5.56 Å². The number of hydrogen-bond acceptors (Lipinski definition) is 5. The molecule has 7 nitrogen and oxygen atoms in total. The summed E-state index contributed by atoms with van der Waals surface area (Å²) in [5.74, 6) is 0.0549. The van der Waals surface area contributed by atoms with Crippen LogP contribution in [0.15, 0.2) is 53.1 Å². The van der Waals surface area contributed by atoms with Gasteiger partial charge < -0.3 is 20.5 Å². The topological polar surface area (TPSA) is 101 Å². The van der Waals surface area contributed by atoms with Gasteiger partial charge in [-0.3, -0.25) is 9.59 Å². The van der Waals surface area contributed by atoms with Gasteiger partial charge in [-0.05, 0) is 61.7 Å². The SMILES string of the molecule is Cc1noc(C)c1C(=O)N(Cc1cccc(NC(=O)c2cccc(Cl)c2)c1)CC(C)(C)CN. The third kappa shape index (κ3) is 6.21. The lowest BCUT2D eigenvalue weighted by molar-refractivity contribution is 0.0670. The van der Waals surface area contributed by atoms with Gasteiger partial charge in [-0.2, -0.15) is 0 Å². The monoisotopic (exact) mass is 468 g/mol. The number of carbonyl (C=O) groups is 2. The predicted octanol–water partition coefficient (Wildman–Crippen LogP) is 4.82. The third-order valence-electron chi connectivity index (χ3n) is 5.35. The zero-order chi connectivity index (χ0) is 24.2. The van der Waals surface area contributed by atoms with E-state index in [-0.39, 0.29) is 17.2 Å². The van der Waals surface area contributed by atoms with Crippen LogP contribution in [-0.2, 0) is 6.54 Å². The number of anilines is 1. The van der Waals surface area contributed by atoms with Crippen molar-refractivity contribution in [3.63, 3.8) is 0 Å². The van der Waals surface area contributed by atoms with Crippen molar-refractivity contribution in [1.82, 2.24) is 10.1 Å². The van der Waals surface area contributed by atoms with Crippen molar-refractivity contribution in [3.05, 3.63) is 81.7 Å². The van der Waals surface area contributed by atoms with Crippen molar-refractivity contribution < 1.29 is 14.1 Å². The van der Waals surface area contributed by atoms with E-state index in [1.54, 1.807) is 49.1 Å². The first-order valence-corrected chi connectivity index (χ1v) is 11.1. The molecular weight excluding hydrogens is 440 g/mol. The molecule has 174 valence electrons. The van der Waals surface area contributed by atoms with Gasteiger partial charge in [-0.25, -0.2) is 0 Å². The summed E-state index contributed by atoms with van der Waals surface area (Å²) < 4.78 is 5.21. The Kier molecular flexibility index (Phi) is 7.56. The Labute approximate surface area is 198 Å². The van der Waals surface area contributed by atoms with Gasteiger partial charge in [0, 0.05) is 29.4 Å². The minimum Gasteiger partial charge on any atom is -0.361 e. The third-order valence-corrected chi connectivity index (χ3v) is 5.59. The maximum atomic E-state index is 13.4. The minimum atomic E-state index is -0.285. The highest BCUT2D eigenvalue weighted by Gasteiger charge is 2.28. The van der Waals surface area contributed by atoms with Crippen molar-refractivity contribution >= 4 is 29.1 Å². The Morgan fingerprint density at radius 2 is 1.88 bits per heavy atom. The summed E-state index contributed by atoms with van der Waals surface area (Å²) >= 11 is 6.00. The van der Waals surface area contributed by atoms with Crippen molar-refractivity contribution in [2.24, 2.45) is 11.1 Å². The number of amides is 2. The van der Waals surface area contributed by atoms with Gasteiger partial charge in [-0.15, -0.1) is 0 Å². The van der Waals surface area contributed by atoms with E-state index >= 15 is 0 Å². The lowest BCUT2D eigenvalue weighted by Crippen LogP contribution is -2.42. The van der Waals surface area contributed by atoms with E-state index in [4.69, 9.17) is 21.9 Å². The minimum absolute atomic E-state index is 0.166. The molecule has 0 saturated heterocycles. The largest absolute Gasteiger partial charge is 0.361 e. The van der Waals surface area contributed by atoms with E-state index in [2.05, 4.69) is 10.5 Å². The average molecular weight is 469 g/mol. The lowest BCUT2D eigenvalue weighted by atomic mass is 9.92. The maximum Gasteiger partial charge on any atom is 0.259 e. The second kappa shape index (κ2) is 10.2. The van der Waals surface area contributed by atoms with Crippen LogP contribution in [0.2, 0.25) is 5.02 Å². The summed E-state index contributed by atoms with van der Waals surface area (Å²) in [6, 6.07) is 14.2. The molecule has 0 atom stereocenters. The molecule has 1 heterocycles. The van der Waals surface area contributed by atoms with Crippen molar-refractivity contribution in [2.45, 2.75) is 34.2 Å². The fourth-order valence-electron chi connectivity index (χ4n) is 3.53. The van der Waals surface area contributed by atoms with E-state index < -0.39 is 0 Å².